The molecule has 0 radical (unpaired) electrons. The number of piperidine rings is 1. The van der Waals surface area contributed by atoms with Crippen LogP contribution in [0.4, 0.5) is 4.39 Å². The molecular formula is C19H22FN3O2. The summed E-state index contributed by atoms with van der Waals surface area (Å²) in [4.78, 5) is 30.8. The van der Waals surface area contributed by atoms with Gasteiger partial charge < -0.3 is 4.57 Å². The molecule has 0 unspecified atom stereocenters. The molecule has 1 fully saturated rings. The molecule has 5 nitrogen and oxygen atoms in total. The summed E-state index contributed by atoms with van der Waals surface area (Å²) in [5.41, 5.74) is 0.910. The maximum Gasteiger partial charge on any atom is 0.273 e. The largest absolute Gasteiger partial charge is 0.315 e. The van der Waals surface area contributed by atoms with Crippen molar-refractivity contribution in [1.29, 1.82) is 0 Å². The van der Waals surface area contributed by atoms with Crippen LogP contribution in [0.15, 0.2) is 41.5 Å². The fraction of sp³-hybridized carbons (Fsp3) is 0.421. The Bertz CT molecular complexity index is 810. The first-order valence-corrected chi connectivity index (χ1v) is 8.53. The average Bonchev–Trinajstić information content (AvgIpc) is 2.61. The van der Waals surface area contributed by atoms with E-state index in [1.54, 1.807) is 37.6 Å². The van der Waals surface area contributed by atoms with Gasteiger partial charge in [0, 0.05) is 38.3 Å². The van der Waals surface area contributed by atoms with E-state index in [0.717, 1.165) is 25.9 Å². The fourth-order valence-electron chi connectivity index (χ4n) is 3.26. The Balaban J connectivity index is 1.55. The van der Waals surface area contributed by atoms with E-state index in [4.69, 9.17) is 0 Å². The first-order valence-electron chi connectivity index (χ1n) is 8.53. The van der Waals surface area contributed by atoms with Gasteiger partial charge in [0.25, 0.3) is 5.56 Å². The molecule has 0 atom stereocenters. The molecule has 1 aliphatic rings. The summed E-state index contributed by atoms with van der Waals surface area (Å²) in [7, 11) is 1.71. The lowest BCUT2D eigenvalue weighted by Gasteiger charge is -2.30. The SMILES string of the molecule is Cn1ccnc(CN2CCC(C(=O)Cc3ccccc3F)CC2)c1=O. The average molecular weight is 343 g/mol. The third-order valence-corrected chi connectivity index (χ3v) is 4.83. The number of hydrogen-bond acceptors (Lipinski definition) is 4. The maximum atomic E-state index is 13.7. The van der Waals surface area contributed by atoms with Gasteiger partial charge in [0.05, 0.1) is 0 Å². The molecular weight excluding hydrogens is 321 g/mol. The highest BCUT2D eigenvalue weighted by molar-refractivity contribution is 5.83. The zero-order valence-corrected chi connectivity index (χ0v) is 14.3. The molecule has 1 aliphatic heterocycles. The number of likely N-dealkylation sites (tertiary alicyclic amines) is 1. The Hall–Kier alpha value is -2.34. The summed E-state index contributed by atoms with van der Waals surface area (Å²) in [6.07, 6.45) is 4.89. The summed E-state index contributed by atoms with van der Waals surface area (Å²) >= 11 is 0. The van der Waals surface area contributed by atoms with Gasteiger partial charge in [-0.15, -0.1) is 0 Å². The van der Waals surface area contributed by atoms with Crippen molar-refractivity contribution in [1.82, 2.24) is 14.5 Å². The van der Waals surface area contributed by atoms with E-state index in [1.807, 2.05) is 0 Å². The number of carbonyl (C=O) groups excluding carboxylic acids is 1. The van der Waals surface area contributed by atoms with Gasteiger partial charge in [0.2, 0.25) is 0 Å². The summed E-state index contributed by atoms with van der Waals surface area (Å²) in [5.74, 6) is -0.264. The van der Waals surface area contributed by atoms with Gasteiger partial charge in [-0.05, 0) is 37.6 Å². The molecule has 0 spiro atoms. The van der Waals surface area contributed by atoms with Crippen molar-refractivity contribution in [3.63, 3.8) is 0 Å². The van der Waals surface area contributed by atoms with Crippen LogP contribution < -0.4 is 5.56 Å². The molecule has 132 valence electrons. The smallest absolute Gasteiger partial charge is 0.273 e. The van der Waals surface area contributed by atoms with Crippen LogP contribution in [-0.2, 0) is 24.8 Å². The number of nitrogens with zero attached hydrogens (tertiary/aromatic N) is 3. The number of benzene rings is 1. The van der Waals surface area contributed by atoms with Crippen LogP contribution in [0.5, 0.6) is 0 Å². The van der Waals surface area contributed by atoms with E-state index in [1.165, 1.54) is 10.6 Å². The molecule has 1 aromatic carbocycles. The lowest BCUT2D eigenvalue weighted by molar-refractivity contribution is -0.123. The van der Waals surface area contributed by atoms with E-state index in [2.05, 4.69) is 9.88 Å². The summed E-state index contributed by atoms with van der Waals surface area (Å²) < 4.78 is 15.2. The minimum Gasteiger partial charge on any atom is -0.315 e. The van der Waals surface area contributed by atoms with Crippen molar-refractivity contribution in [2.24, 2.45) is 13.0 Å². The maximum absolute atomic E-state index is 13.7. The van der Waals surface area contributed by atoms with Crippen LogP contribution in [0, 0.1) is 11.7 Å². The minimum absolute atomic E-state index is 0.0394. The van der Waals surface area contributed by atoms with E-state index in [0.29, 0.717) is 17.8 Å². The van der Waals surface area contributed by atoms with Gasteiger partial charge >= 0.3 is 0 Å². The Kier molecular flexibility index (Phi) is 5.38. The van der Waals surface area contributed by atoms with Crippen LogP contribution in [-0.4, -0.2) is 33.3 Å². The minimum atomic E-state index is -0.320. The molecule has 2 aromatic rings. The van der Waals surface area contributed by atoms with Crippen LogP contribution in [0.1, 0.15) is 24.1 Å². The van der Waals surface area contributed by atoms with Crippen molar-refractivity contribution < 1.29 is 9.18 Å². The van der Waals surface area contributed by atoms with Crippen molar-refractivity contribution >= 4 is 5.78 Å². The summed E-state index contributed by atoms with van der Waals surface area (Å²) in [5, 5.41) is 0. The molecule has 0 amide bonds. The Morgan fingerprint density at radius 3 is 2.72 bits per heavy atom. The molecule has 1 aromatic heterocycles. The lowest BCUT2D eigenvalue weighted by Crippen LogP contribution is -2.38. The highest BCUT2D eigenvalue weighted by Gasteiger charge is 2.26. The van der Waals surface area contributed by atoms with Crippen LogP contribution in [0.2, 0.25) is 0 Å². The highest BCUT2D eigenvalue weighted by atomic mass is 19.1. The number of ketones is 1. The second kappa shape index (κ2) is 7.70. The fourth-order valence-corrected chi connectivity index (χ4v) is 3.26. The first kappa shape index (κ1) is 17.5. The van der Waals surface area contributed by atoms with Crippen molar-refractivity contribution in [3.05, 3.63) is 64.1 Å². The first-order chi connectivity index (χ1) is 12.0. The van der Waals surface area contributed by atoms with Crippen molar-refractivity contribution in [2.75, 3.05) is 13.1 Å². The molecule has 2 heterocycles. The van der Waals surface area contributed by atoms with Crippen LogP contribution >= 0.6 is 0 Å². The van der Waals surface area contributed by atoms with Gasteiger partial charge in [-0.1, -0.05) is 18.2 Å². The van der Waals surface area contributed by atoms with Gasteiger partial charge in [-0.3, -0.25) is 19.5 Å². The Morgan fingerprint density at radius 1 is 1.28 bits per heavy atom. The molecule has 0 aliphatic carbocycles. The number of aromatic nitrogens is 2. The van der Waals surface area contributed by atoms with Crippen LogP contribution in [0.3, 0.4) is 0 Å². The summed E-state index contributed by atoms with van der Waals surface area (Å²) in [6.45, 7) is 1.99. The molecule has 25 heavy (non-hydrogen) atoms. The molecule has 0 bridgehead atoms. The third kappa shape index (κ3) is 4.20. The molecule has 0 saturated carbocycles. The van der Waals surface area contributed by atoms with E-state index >= 15 is 0 Å². The number of hydrogen-bond donors (Lipinski definition) is 0. The number of aryl methyl sites for hydroxylation is 1. The number of rotatable bonds is 5. The normalized spacial score (nSPS) is 16.1. The lowest BCUT2D eigenvalue weighted by atomic mass is 9.89. The standard InChI is InChI=1S/C19H22FN3O2/c1-22-11-8-21-17(19(22)25)13-23-9-6-14(7-10-23)18(24)12-15-4-2-3-5-16(15)20/h2-5,8,11,14H,6-7,9-10,12-13H2,1H3. The second-order valence-corrected chi connectivity index (χ2v) is 6.57. The van der Waals surface area contributed by atoms with E-state index < -0.39 is 0 Å². The van der Waals surface area contributed by atoms with Gasteiger partial charge in [0.1, 0.15) is 17.3 Å². The molecule has 6 heteroatoms. The van der Waals surface area contributed by atoms with Crippen molar-refractivity contribution in [3.8, 4) is 0 Å². The predicted molar refractivity (Wildman–Crippen MR) is 92.6 cm³/mol. The van der Waals surface area contributed by atoms with Gasteiger partial charge in [0.15, 0.2) is 0 Å². The van der Waals surface area contributed by atoms with Gasteiger partial charge in [-0.25, -0.2) is 4.39 Å². The molecule has 0 N–H and O–H groups in total. The number of carbonyl (C=O) groups is 1. The topological polar surface area (TPSA) is 55.2 Å². The molecule has 1 saturated heterocycles. The second-order valence-electron chi connectivity index (χ2n) is 6.57. The monoisotopic (exact) mass is 343 g/mol. The zero-order valence-electron chi connectivity index (χ0n) is 14.3. The highest BCUT2D eigenvalue weighted by Crippen LogP contribution is 2.21. The quantitative estimate of drug-likeness (QED) is 0.833. The third-order valence-electron chi connectivity index (χ3n) is 4.83. The van der Waals surface area contributed by atoms with E-state index in [-0.39, 0.29) is 29.5 Å². The van der Waals surface area contributed by atoms with E-state index in [9.17, 15) is 14.0 Å². The van der Waals surface area contributed by atoms with Crippen LogP contribution in [0.25, 0.3) is 0 Å². The predicted octanol–water partition coefficient (Wildman–Crippen LogP) is 1.94. The Morgan fingerprint density at radius 2 is 2.00 bits per heavy atom. The van der Waals surface area contributed by atoms with Gasteiger partial charge in [-0.2, -0.15) is 0 Å². The summed E-state index contributed by atoms with van der Waals surface area (Å²) in [6, 6.07) is 6.43. The van der Waals surface area contributed by atoms with Crippen molar-refractivity contribution in [2.45, 2.75) is 25.8 Å². The zero-order chi connectivity index (χ0) is 17.8. The Labute approximate surface area is 146 Å². The number of halogens is 1. The molecule has 3 rings (SSSR count). The number of Topliss-reactive ketones (excluding diaryl/α,β-unsaturated/α-hetero) is 1.